The van der Waals surface area contributed by atoms with Crippen LogP contribution in [0, 0.1) is 5.82 Å². The first-order chi connectivity index (χ1) is 7.45. The topological polar surface area (TPSA) is 38.3 Å². The van der Waals surface area contributed by atoms with Crippen LogP contribution >= 0.6 is 15.9 Å². The molecule has 0 atom stereocenters. The van der Waals surface area contributed by atoms with Crippen molar-refractivity contribution in [3.05, 3.63) is 28.0 Å². The van der Waals surface area contributed by atoms with Gasteiger partial charge in [0.25, 0.3) is 5.91 Å². The summed E-state index contributed by atoms with van der Waals surface area (Å²) in [6.45, 7) is 3.68. The predicted molar refractivity (Wildman–Crippen MR) is 63.3 cm³/mol. The number of halogens is 2. The van der Waals surface area contributed by atoms with Crippen LogP contribution in [0.25, 0.3) is 0 Å². The van der Waals surface area contributed by atoms with Gasteiger partial charge in [0.05, 0.1) is 11.6 Å². The molecule has 3 nitrogen and oxygen atoms in total. The lowest BCUT2D eigenvalue weighted by Crippen LogP contribution is -2.30. The van der Waals surface area contributed by atoms with Crippen molar-refractivity contribution in [2.45, 2.75) is 19.9 Å². The molecule has 1 N–H and O–H groups in total. The highest BCUT2D eigenvalue weighted by atomic mass is 79.9. The number of benzene rings is 1. The van der Waals surface area contributed by atoms with Gasteiger partial charge in [0.1, 0.15) is 0 Å². The van der Waals surface area contributed by atoms with Gasteiger partial charge in [0.2, 0.25) is 0 Å². The van der Waals surface area contributed by atoms with E-state index in [0.29, 0.717) is 4.47 Å². The number of hydrogen-bond donors (Lipinski definition) is 1. The third kappa shape index (κ3) is 2.95. The Labute approximate surface area is 102 Å². The van der Waals surface area contributed by atoms with Crippen LogP contribution in [-0.2, 0) is 0 Å². The van der Waals surface area contributed by atoms with Crippen LogP contribution in [0.4, 0.5) is 4.39 Å². The number of carbonyl (C=O) groups is 1. The SMILES string of the molecule is COc1c(F)cc(C(=O)NC(C)C)cc1Br. The monoisotopic (exact) mass is 289 g/mol. The van der Waals surface area contributed by atoms with Gasteiger partial charge in [-0.2, -0.15) is 0 Å². The fourth-order valence-corrected chi connectivity index (χ4v) is 1.83. The quantitative estimate of drug-likeness (QED) is 0.929. The Bertz CT molecular complexity index is 384. The first kappa shape index (κ1) is 13.0. The van der Waals surface area contributed by atoms with Gasteiger partial charge in [-0.25, -0.2) is 4.39 Å². The summed E-state index contributed by atoms with van der Waals surface area (Å²) in [6, 6.07) is 2.69. The number of nitrogens with one attached hydrogen (secondary N) is 1. The van der Waals surface area contributed by atoms with Crippen LogP contribution in [0.5, 0.6) is 5.75 Å². The summed E-state index contributed by atoms with van der Waals surface area (Å²) in [5.41, 5.74) is 0.263. The van der Waals surface area contributed by atoms with Gasteiger partial charge in [-0.1, -0.05) is 0 Å². The van der Waals surface area contributed by atoms with Crippen molar-refractivity contribution in [1.29, 1.82) is 0 Å². The van der Waals surface area contributed by atoms with Crippen LogP contribution in [-0.4, -0.2) is 19.1 Å². The minimum Gasteiger partial charge on any atom is -0.492 e. The van der Waals surface area contributed by atoms with Gasteiger partial charge in [0, 0.05) is 11.6 Å². The maximum Gasteiger partial charge on any atom is 0.251 e. The van der Waals surface area contributed by atoms with E-state index in [9.17, 15) is 9.18 Å². The van der Waals surface area contributed by atoms with Crippen molar-refractivity contribution < 1.29 is 13.9 Å². The number of amides is 1. The standard InChI is InChI=1S/C11H13BrFNO2/c1-6(2)14-11(15)7-4-8(12)10(16-3)9(13)5-7/h4-6H,1-3H3,(H,14,15). The molecule has 0 aromatic heterocycles. The Hall–Kier alpha value is -1.10. The molecule has 1 amide bonds. The van der Waals surface area contributed by atoms with Crippen molar-refractivity contribution in [3.63, 3.8) is 0 Å². The molecule has 16 heavy (non-hydrogen) atoms. The third-order valence-electron chi connectivity index (χ3n) is 1.88. The highest BCUT2D eigenvalue weighted by Crippen LogP contribution is 2.29. The largest absolute Gasteiger partial charge is 0.492 e. The summed E-state index contributed by atoms with van der Waals surface area (Å²) in [5, 5.41) is 2.68. The van der Waals surface area contributed by atoms with Crippen LogP contribution < -0.4 is 10.1 Å². The zero-order valence-corrected chi connectivity index (χ0v) is 10.9. The van der Waals surface area contributed by atoms with Crippen molar-refractivity contribution >= 4 is 21.8 Å². The number of rotatable bonds is 3. The Morgan fingerprint density at radius 3 is 2.56 bits per heavy atom. The van der Waals surface area contributed by atoms with E-state index in [1.165, 1.54) is 13.2 Å². The van der Waals surface area contributed by atoms with Crippen molar-refractivity contribution in [2.75, 3.05) is 7.11 Å². The van der Waals surface area contributed by atoms with E-state index in [-0.39, 0.29) is 23.3 Å². The molecule has 0 aliphatic carbocycles. The second kappa shape index (κ2) is 5.30. The van der Waals surface area contributed by atoms with Crippen LogP contribution in [0.1, 0.15) is 24.2 Å². The van der Waals surface area contributed by atoms with E-state index >= 15 is 0 Å². The lowest BCUT2D eigenvalue weighted by atomic mass is 10.2. The van der Waals surface area contributed by atoms with Gasteiger partial charge in [-0.15, -0.1) is 0 Å². The summed E-state index contributed by atoms with van der Waals surface area (Å²) in [5.74, 6) is -0.774. The summed E-state index contributed by atoms with van der Waals surface area (Å²) in [6.07, 6.45) is 0. The second-order valence-electron chi connectivity index (χ2n) is 3.60. The predicted octanol–water partition coefficient (Wildman–Crippen LogP) is 2.74. The van der Waals surface area contributed by atoms with E-state index in [4.69, 9.17) is 4.74 Å². The molecule has 1 aromatic carbocycles. The molecular weight excluding hydrogens is 277 g/mol. The van der Waals surface area contributed by atoms with Gasteiger partial charge in [0.15, 0.2) is 11.6 Å². The summed E-state index contributed by atoms with van der Waals surface area (Å²) in [7, 11) is 1.37. The highest BCUT2D eigenvalue weighted by Gasteiger charge is 2.14. The van der Waals surface area contributed by atoms with Gasteiger partial charge in [-0.3, -0.25) is 4.79 Å². The normalized spacial score (nSPS) is 10.4. The molecule has 1 rings (SSSR count). The molecule has 0 saturated carbocycles. The summed E-state index contributed by atoms with van der Waals surface area (Å²) < 4.78 is 18.7. The first-order valence-corrected chi connectivity index (χ1v) is 5.59. The molecule has 88 valence electrons. The van der Waals surface area contributed by atoms with Crippen LogP contribution in [0.2, 0.25) is 0 Å². The van der Waals surface area contributed by atoms with E-state index < -0.39 is 5.82 Å². The molecule has 0 radical (unpaired) electrons. The molecule has 1 aromatic rings. The first-order valence-electron chi connectivity index (χ1n) is 4.79. The van der Waals surface area contributed by atoms with Gasteiger partial charge < -0.3 is 10.1 Å². The number of ether oxygens (including phenoxy) is 1. The molecular formula is C11H13BrFNO2. The fourth-order valence-electron chi connectivity index (χ4n) is 1.23. The molecule has 0 saturated heterocycles. The molecule has 0 aliphatic rings. The minimum absolute atomic E-state index is 0.0106. The average molecular weight is 290 g/mol. The fraction of sp³-hybridized carbons (Fsp3) is 0.364. The Morgan fingerprint density at radius 2 is 2.12 bits per heavy atom. The maximum atomic E-state index is 13.5. The van der Waals surface area contributed by atoms with E-state index in [1.807, 2.05) is 13.8 Å². The highest BCUT2D eigenvalue weighted by molar-refractivity contribution is 9.10. The van der Waals surface area contributed by atoms with Crippen molar-refractivity contribution in [1.82, 2.24) is 5.32 Å². The van der Waals surface area contributed by atoms with Gasteiger partial charge >= 0.3 is 0 Å². The Balaban J connectivity index is 3.04. The molecule has 0 aliphatic heterocycles. The van der Waals surface area contributed by atoms with Crippen LogP contribution in [0.15, 0.2) is 16.6 Å². The van der Waals surface area contributed by atoms with E-state index in [1.54, 1.807) is 0 Å². The van der Waals surface area contributed by atoms with Gasteiger partial charge in [-0.05, 0) is 41.9 Å². The van der Waals surface area contributed by atoms with E-state index in [2.05, 4.69) is 21.2 Å². The van der Waals surface area contributed by atoms with Crippen molar-refractivity contribution in [2.24, 2.45) is 0 Å². The minimum atomic E-state index is -0.564. The van der Waals surface area contributed by atoms with Crippen LogP contribution in [0.3, 0.4) is 0 Å². The lowest BCUT2D eigenvalue weighted by molar-refractivity contribution is 0.0942. The molecule has 0 bridgehead atoms. The summed E-state index contributed by atoms with van der Waals surface area (Å²) >= 11 is 3.15. The lowest BCUT2D eigenvalue weighted by Gasteiger charge is -2.10. The second-order valence-corrected chi connectivity index (χ2v) is 4.46. The van der Waals surface area contributed by atoms with E-state index in [0.717, 1.165) is 6.07 Å². The maximum absolute atomic E-state index is 13.5. The van der Waals surface area contributed by atoms with Crippen molar-refractivity contribution in [3.8, 4) is 5.75 Å². The number of methoxy groups -OCH3 is 1. The Kier molecular flexibility index (Phi) is 4.29. The molecule has 5 heteroatoms. The molecule has 0 unspecified atom stereocenters. The molecule has 0 fully saturated rings. The zero-order chi connectivity index (χ0) is 12.3. The Morgan fingerprint density at radius 1 is 1.50 bits per heavy atom. The third-order valence-corrected chi connectivity index (χ3v) is 2.47. The summed E-state index contributed by atoms with van der Waals surface area (Å²) in [4.78, 5) is 11.6. The average Bonchev–Trinajstić information content (AvgIpc) is 2.16. The smallest absolute Gasteiger partial charge is 0.251 e. The number of carbonyl (C=O) groups excluding carboxylic acids is 1. The zero-order valence-electron chi connectivity index (χ0n) is 9.30. The molecule has 0 spiro atoms. The molecule has 0 heterocycles. The number of hydrogen-bond acceptors (Lipinski definition) is 2.